The SMILES string of the molecule is CCc1cc(N2C[C@H]3C(=O)NC[C@@]3(C(=O)O)C2)nc(N2CCCCC2)n1. The number of hydrogen-bond donors (Lipinski definition) is 2. The van der Waals surface area contributed by atoms with Crippen LogP contribution < -0.4 is 15.1 Å². The third kappa shape index (κ3) is 2.68. The number of amides is 1. The molecule has 2 atom stereocenters. The summed E-state index contributed by atoms with van der Waals surface area (Å²) >= 11 is 0. The van der Waals surface area contributed by atoms with Crippen molar-refractivity contribution in [2.75, 3.05) is 42.5 Å². The second-order valence-corrected chi connectivity index (χ2v) is 7.53. The van der Waals surface area contributed by atoms with E-state index < -0.39 is 17.3 Å². The summed E-state index contributed by atoms with van der Waals surface area (Å²) in [7, 11) is 0. The molecule has 1 amide bonds. The lowest BCUT2D eigenvalue weighted by atomic mass is 9.81. The van der Waals surface area contributed by atoms with Gasteiger partial charge in [0.15, 0.2) is 0 Å². The summed E-state index contributed by atoms with van der Waals surface area (Å²) in [5.41, 5.74) is -0.110. The van der Waals surface area contributed by atoms with E-state index in [9.17, 15) is 14.7 Å². The molecule has 0 spiro atoms. The maximum Gasteiger partial charge on any atom is 0.314 e. The van der Waals surface area contributed by atoms with Crippen molar-refractivity contribution in [1.29, 1.82) is 0 Å². The Bertz CT molecular complexity index is 734. The lowest BCUT2D eigenvalue weighted by Crippen LogP contribution is -2.40. The number of carboxylic acid groups (broad SMARTS) is 1. The molecular weight excluding hydrogens is 334 g/mol. The summed E-state index contributed by atoms with van der Waals surface area (Å²) < 4.78 is 0. The van der Waals surface area contributed by atoms with Crippen LogP contribution in [0.15, 0.2) is 6.07 Å². The van der Waals surface area contributed by atoms with Crippen molar-refractivity contribution in [3.63, 3.8) is 0 Å². The van der Waals surface area contributed by atoms with Gasteiger partial charge >= 0.3 is 5.97 Å². The molecule has 3 aliphatic heterocycles. The second kappa shape index (κ2) is 6.41. The standard InChI is InChI=1S/C18H25N5O3/c1-2-12-8-14(21-17(20-12)22-6-4-3-5-7-22)23-9-13-15(24)19-10-18(13,11-23)16(25)26/h8,13H,2-7,9-11H2,1H3,(H,19,24)(H,25,26)/t13-,18+/m0/s1. The van der Waals surface area contributed by atoms with Crippen molar-refractivity contribution in [2.45, 2.75) is 32.6 Å². The van der Waals surface area contributed by atoms with E-state index in [2.05, 4.69) is 22.1 Å². The molecule has 26 heavy (non-hydrogen) atoms. The van der Waals surface area contributed by atoms with Gasteiger partial charge in [0.05, 0.1) is 5.92 Å². The number of aliphatic carboxylic acids is 1. The minimum Gasteiger partial charge on any atom is -0.481 e. The van der Waals surface area contributed by atoms with Gasteiger partial charge < -0.3 is 20.2 Å². The van der Waals surface area contributed by atoms with Crippen LogP contribution in [-0.4, -0.2) is 59.7 Å². The minimum absolute atomic E-state index is 0.170. The number of rotatable bonds is 4. The number of nitrogens with one attached hydrogen (secondary N) is 1. The summed E-state index contributed by atoms with van der Waals surface area (Å²) in [5.74, 6) is -0.149. The number of carbonyl (C=O) groups is 2. The predicted octanol–water partition coefficient (Wildman–Crippen LogP) is 0.666. The Hall–Kier alpha value is -2.38. The van der Waals surface area contributed by atoms with E-state index in [4.69, 9.17) is 4.98 Å². The molecule has 3 aliphatic rings. The zero-order valence-corrected chi connectivity index (χ0v) is 15.1. The molecule has 0 radical (unpaired) electrons. The molecule has 0 aliphatic carbocycles. The van der Waals surface area contributed by atoms with Crippen LogP contribution in [0.2, 0.25) is 0 Å². The van der Waals surface area contributed by atoms with Crippen LogP contribution in [-0.2, 0) is 16.0 Å². The van der Waals surface area contributed by atoms with Gasteiger partial charge in [-0.3, -0.25) is 9.59 Å². The monoisotopic (exact) mass is 359 g/mol. The van der Waals surface area contributed by atoms with Crippen LogP contribution >= 0.6 is 0 Å². The molecule has 1 aromatic heterocycles. The average Bonchev–Trinajstić information content (AvgIpc) is 3.21. The molecule has 2 N–H and O–H groups in total. The zero-order chi connectivity index (χ0) is 18.3. The van der Waals surface area contributed by atoms with Crippen molar-refractivity contribution in [1.82, 2.24) is 15.3 Å². The topological polar surface area (TPSA) is 98.7 Å². The van der Waals surface area contributed by atoms with Crippen LogP contribution in [0.5, 0.6) is 0 Å². The Kier molecular flexibility index (Phi) is 4.20. The van der Waals surface area contributed by atoms with Gasteiger partial charge in [-0.1, -0.05) is 6.92 Å². The first kappa shape index (κ1) is 17.1. The Labute approximate surface area is 152 Å². The lowest BCUT2D eigenvalue weighted by molar-refractivity contribution is -0.149. The minimum atomic E-state index is -1.06. The summed E-state index contributed by atoms with van der Waals surface area (Å²) in [5, 5.41) is 12.5. The molecule has 1 aromatic rings. The first-order valence-corrected chi connectivity index (χ1v) is 9.42. The number of carbonyl (C=O) groups excluding carboxylic acids is 1. The maximum absolute atomic E-state index is 12.1. The molecule has 0 aromatic carbocycles. The number of aryl methyl sites for hydroxylation is 1. The third-order valence-corrected chi connectivity index (χ3v) is 5.94. The highest BCUT2D eigenvalue weighted by Gasteiger charge is 2.59. The fourth-order valence-corrected chi connectivity index (χ4v) is 4.31. The molecule has 4 heterocycles. The summed E-state index contributed by atoms with van der Waals surface area (Å²) in [4.78, 5) is 37.6. The summed E-state index contributed by atoms with van der Waals surface area (Å²) in [6.45, 7) is 4.83. The van der Waals surface area contributed by atoms with Crippen molar-refractivity contribution in [2.24, 2.45) is 11.3 Å². The number of aromatic nitrogens is 2. The van der Waals surface area contributed by atoms with Crippen LogP contribution in [0.4, 0.5) is 11.8 Å². The number of nitrogens with zero attached hydrogens (tertiary/aromatic N) is 4. The van der Waals surface area contributed by atoms with Crippen LogP contribution in [0.1, 0.15) is 31.9 Å². The Balaban J connectivity index is 1.65. The zero-order valence-electron chi connectivity index (χ0n) is 15.1. The lowest BCUT2D eigenvalue weighted by Gasteiger charge is -2.28. The Morgan fingerprint density at radius 1 is 1.31 bits per heavy atom. The molecule has 3 saturated heterocycles. The van der Waals surface area contributed by atoms with E-state index in [1.54, 1.807) is 0 Å². The van der Waals surface area contributed by atoms with Crippen LogP contribution in [0, 0.1) is 11.3 Å². The van der Waals surface area contributed by atoms with E-state index >= 15 is 0 Å². The first-order valence-electron chi connectivity index (χ1n) is 9.42. The molecule has 140 valence electrons. The molecule has 0 unspecified atom stereocenters. The van der Waals surface area contributed by atoms with E-state index in [-0.39, 0.29) is 12.5 Å². The number of piperidine rings is 1. The number of hydrogen-bond acceptors (Lipinski definition) is 6. The van der Waals surface area contributed by atoms with E-state index in [1.807, 2.05) is 11.0 Å². The van der Waals surface area contributed by atoms with Gasteiger partial charge in [-0.25, -0.2) is 4.98 Å². The highest BCUT2D eigenvalue weighted by molar-refractivity contribution is 5.93. The van der Waals surface area contributed by atoms with Crippen molar-refractivity contribution in [3.8, 4) is 0 Å². The van der Waals surface area contributed by atoms with Crippen molar-refractivity contribution < 1.29 is 14.7 Å². The van der Waals surface area contributed by atoms with E-state index in [0.717, 1.165) is 49.8 Å². The van der Waals surface area contributed by atoms with Gasteiger partial charge in [-0.2, -0.15) is 4.98 Å². The predicted molar refractivity (Wildman–Crippen MR) is 96.3 cm³/mol. The Morgan fingerprint density at radius 2 is 2.08 bits per heavy atom. The van der Waals surface area contributed by atoms with Gasteiger partial charge in [0.2, 0.25) is 11.9 Å². The number of carboxylic acids is 1. The van der Waals surface area contributed by atoms with Crippen LogP contribution in [0.3, 0.4) is 0 Å². The molecule has 8 heteroatoms. The molecule has 4 rings (SSSR count). The number of anilines is 2. The van der Waals surface area contributed by atoms with Crippen molar-refractivity contribution in [3.05, 3.63) is 11.8 Å². The summed E-state index contributed by atoms with van der Waals surface area (Å²) in [6, 6.07) is 1.93. The fraction of sp³-hybridized carbons (Fsp3) is 0.667. The fourth-order valence-electron chi connectivity index (χ4n) is 4.31. The number of fused-ring (bicyclic) bond motifs is 1. The van der Waals surface area contributed by atoms with Gasteiger partial charge in [0.1, 0.15) is 11.2 Å². The van der Waals surface area contributed by atoms with Crippen molar-refractivity contribution >= 4 is 23.6 Å². The van der Waals surface area contributed by atoms with E-state index in [1.165, 1.54) is 6.42 Å². The van der Waals surface area contributed by atoms with E-state index in [0.29, 0.717) is 13.1 Å². The highest BCUT2D eigenvalue weighted by atomic mass is 16.4. The largest absolute Gasteiger partial charge is 0.481 e. The van der Waals surface area contributed by atoms with Gasteiger partial charge in [0, 0.05) is 44.5 Å². The maximum atomic E-state index is 12.1. The normalized spacial score (nSPS) is 28.2. The summed E-state index contributed by atoms with van der Waals surface area (Å²) in [6.07, 6.45) is 4.31. The first-order chi connectivity index (χ1) is 12.5. The molecular formula is C18H25N5O3. The highest BCUT2D eigenvalue weighted by Crippen LogP contribution is 2.41. The smallest absolute Gasteiger partial charge is 0.314 e. The van der Waals surface area contributed by atoms with Crippen LogP contribution in [0.25, 0.3) is 0 Å². The molecule has 0 saturated carbocycles. The Morgan fingerprint density at radius 3 is 2.73 bits per heavy atom. The molecule has 0 bridgehead atoms. The average molecular weight is 359 g/mol. The van der Waals surface area contributed by atoms with Gasteiger partial charge in [-0.05, 0) is 25.7 Å². The van der Waals surface area contributed by atoms with Gasteiger partial charge in [0.25, 0.3) is 0 Å². The van der Waals surface area contributed by atoms with Gasteiger partial charge in [-0.15, -0.1) is 0 Å². The molecule has 8 nitrogen and oxygen atoms in total. The quantitative estimate of drug-likeness (QED) is 0.815. The second-order valence-electron chi connectivity index (χ2n) is 7.53. The third-order valence-electron chi connectivity index (χ3n) is 5.94. The molecule has 3 fully saturated rings.